The van der Waals surface area contributed by atoms with Crippen molar-refractivity contribution in [2.45, 2.75) is 6.42 Å². The van der Waals surface area contributed by atoms with Gasteiger partial charge in [0.25, 0.3) is 0 Å². The van der Waals surface area contributed by atoms with Crippen LogP contribution in [0.1, 0.15) is 6.42 Å². The molecule has 1 aliphatic rings. The van der Waals surface area contributed by atoms with Crippen LogP contribution in [0.2, 0.25) is 0 Å². The third kappa shape index (κ3) is 5.45. The summed E-state index contributed by atoms with van der Waals surface area (Å²) < 4.78 is 21.5. The Balaban J connectivity index is -0.000000403. The van der Waals surface area contributed by atoms with E-state index >= 15 is 0 Å². The van der Waals surface area contributed by atoms with Crippen LogP contribution in [0, 0.1) is 0 Å². The molecule has 0 aromatic carbocycles. The fourth-order valence-electron chi connectivity index (χ4n) is 1.10. The Hall–Kier alpha value is 0.570. The van der Waals surface area contributed by atoms with Crippen LogP contribution in [-0.4, -0.2) is 21.3 Å². The minimum atomic E-state index is -4.12. The van der Waals surface area contributed by atoms with E-state index in [-0.39, 0.29) is 37.2 Å². The molecule has 0 unspecified atom stereocenters. The maximum absolute atomic E-state index is 4.12. The third-order valence-electron chi connectivity index (χ3n) is 1.91. The Labute approximate surface area is 100 Å². The molecule has 14 heavy (non-hydrogen) atoms. The second-order valence-corrected chi connectivity index (χ2v) is 31.3. The van der Waals surface area contributed by atoms with Crippen molar-refractivity contribution in [2.24, 2.45) is 0 Å². The van der Waals surface area contributed by atoms with Gasteiger partial charge in [-0.15, -0.1) is 37.2 Å². The predicted octanol–water partition coefficient (Wildman–Crippen LogP) is 2.48. The van der Waals surface area contributed by atoms with Crippen molar-refractivity contribution in [1.29, 1.82) is 0 Å². The van der Waals surface area contributed by atoms with Crippen LogP contribution in [-0.2, 0) is 14.6 Å². The van der Waals surface area contributed by atoms with Crippen LogP contribution in [0.3, 0.4) is 0 Å². The molecule has 0 heterocycles. The molecule has 0 radical (unpaired) electrons. The normalized spacial score (nSPS) is 13.6. The van der Waals surface area contributed by atoms with Crippen LogP contribution in [0.4, 0.5) is 0 Å². The van der Waals surface area contributed by atoms with Crippen LogP contribution in [0.15, 0.2) is 21.6 Å². The molecule has 0 bridgehead atoms. The molecule has 0 N–H and O–H groups in total. The second kappa shape index (κ2) is 4.21. The quantitative estimate of drug-likeness (QED) is 0.569. The van der Waals surface area contributed by atoms with Gasteiger partial charge in [-0.05, 0) is 0 Å². The van der Waals surface area contributed by atoms with Gasteiger partial charge in [0.1, 0.15) is 0 Å². The van der Waals surface area contributed by atoms with Gasteiger partial charge in [0.15, 0.2) is 0 Å². The molecule has 0 aromatic heterocycles. The fraction of sp³-hybridized carbons (Fsp3) is 0.100. The summed E-state index contributed by atoms with van der Waals surface area (Å²) in [7, 11) is 0. The Kier molecular flexibility index (Phi) is 6.03. The van der Waals surface area contributed by atoms with Gasteiger partial charge in [-0.25, -0.2) is 0 Å². The van der Waals surface area contributed by atoms with Crippen molar-refractivity contribution in [1.82, 2.24) is 0 Å². The van der Waals surface area contributed by atoms with E-state index in [0.717, 1.165) is 6.42 Å². The molecule has 0 aliphatic heterocycles. The first kappa shape index (κ1) is 20.0. The maximum atomic E-state index is 4.07. The predicted molar refractivity (Wildman–Crippen MR) is 79.2 cm³/mol. The monoisotopic (exact) mass is 423 g/mol. The van der Waals surface area contributed by atoms with Gasteiger partial charge in [-0.2, -0.15) is 0 Å². The topological polar surface area (TPSA) is 0 Å². The first-order valence-electron chi connectivity index (χ1n) is 3.73. The van der Waals surface area contributed by atoms with Gasteiger partial charge in [0.2, 0.25) is 0 Å². The van der Waals surface area contributed by atoms with Crippen LogP contribution >= 0.6 is 37.2 Å². The van der Waals surface area contributed by atoms with Crippen molar-refractivity contribution >= 4 is 58.5 Å². The molecule has 4 heteroatoms. The molecule has 0 nitrogen and oxygen atoms in total. The van der Waals surface area contributed by atoms with Gasteiger partial charge in [0, 0.05) is 0 Å². The first-order chi connectivity index (χ1) is 4.59. The Morgan fingerprint density at radius 2 is 1.36 bits per heavy atom. The summed E-state index contributed by atoms with van der Waals surface area (Å²) in [5, 5.41) is 0. The third-order valence-corrected chi connectivity index (χ3v) is 11.4. The molecule has 0 saturated carbocycles. The summed E-state index contributed by atoms with van der Waals surface area (Å²) in [6, 6.07) is 0. The molecule has 0 saturated heterocycles. The van der Waals surface area contributed by atoms with Crippen LogP contribution in [0.5, 0.6) is 0 Å². The molecule has 0 amide bonds. The zero-order chi connectivity index (χ0) is 8.81. The number of hydrogen-bond acceptors (Lipinski definition) is 0. The molecule has 83 valence electrons. The Morgan fingerprint density at radius 3 is 1.50 bits per heavy atom. The van der Waals surface area contributed by atoms with Crippen molar-refractivity contribution in [2.75, 3.05) is 0 Å². The van der Waals surface area contributed by atoms with Gasteiger partial charge in [-0.1, -0.05) is 0 Å². The van der Waals surface area contributed by atoms with Crippen molar-refractivity contribution in [3.8, 4) is 0 Å². The average Bonchev–Trinajstić information content (AvgIpc) is 2.01. The molecular weight excluding hydrogens is 405 g/mol. The summed E-state index contributed by atoms with van der Waals surface area (Å²) in [5.41, 5.74) is 0. The number of hydrogen-bond donors (Lipinski definition) is 0. The van der Waals surface area contributed by atoms with Gasteiger partial charge in [0.05, 0.1) is 0 Å². The van der Waals surface area contributed by atoms with E-state index in [1.165, 1.54) is 3.33 Å². The molecule has 0 aromatic rings. The average molecular weight is 423 g/mol. The molecule has 1 aliphatic carbocycles. The van der Waals surface area contributed by atoms with Crippen LogP contribution < -0.4 is 0 Å². The summed E-state index contributed by atoms with van der Waals surface area (Å²) in [4.78, 5) is 0. The number of allylic oxidation sites excluding steroid dienone is 4. The van der Waals surface area contributed by atoms with Gasteiger partial charge < -0.3 is 0 Å². The van der Waals surface area contributed by atoms with Crippen molar-refractivity contribution in [3.05, 3.63) is 21.6 Å². The van der Waals surface area contributed by atoms with Crippen molar-refractivity contribution in [3.63, 3.8) is 0 Å². The SMILES string of the molecule is Cl.Cl.Cl.[CH2]=[Hf](=[CH2])(=[CH2])(=[CH2])(=[CH2])[C]1=CC=CC1. The Bertz CT molecular complexity index is 591. The van der Waals surface area contributed by atoms with Crippen molar-refractivity contribution < 1.29 is 14.6 Å². The Morgan fingerprint density at radius 1 is 0.929 bits per heavy atom. The molecule has 1 rings (SSSR count). The summed E-state index contributed by atoms with van der Waals surface area (Å²) in [5.74, 6) is 0. The first-order valence-corrected chi connectivity index (χ1v) is 18.2. The van der Waals surface area contributed by atoms with E-state index in [2.05, 4.69) is 27.4 Å². The molecule has 0 fully saturated rings. The molecule has 0 atom stereocenters. The number of halogens is 3. The van der Waals surface area contributed by atoms with Gasteiger partial charge in [-0.3, -0.25) is 0 Å². The summed E-state index contributed by atoms with van der Waals surface area (Å²) >= 11 is -4.12. The van der Waals surface area contributed by atoms with E-state index < -0.39 is 14.6 Å². The fourth-order valence-corrected chi connectivity index (χ4v) is 6.58. The zero-order valence-corrected chi connectivity index (χ0v) is 14.2. The van der Waals surface area contributed by atoms with E-state index in [1.807, 2.05) is 12.2 Å². The summed E-state index contributed by atoms with van der Waals surface area (Å²) in [6.07, 6.45) is 6.99. The van der Waals surface area contributed by atoms with Gasteiger partial charge >= 0.3 is 63.9 Å². The van der Waals surface area contributed by atoms with E-state index in [0.29, 0.717) is 0 Å². The zero-order valence-electron chi connectivity index (χ0n) is 8.20. The van der Waals surface area contributed by atoms with Crippen LogP contribution in [0.25, 0.3) is 0 Å². The molecular formula is C10H18Cl3Hf. The second-order valence-electron chi connectivity index (χ2n) is 4.71. The summed E-state index contributed by atoms with van der Waals surface area (Å²) in [6.45, 7) is 0. The number of rotatable bonds is 1. The minimum absolute atomic E-state index is 0. The van der Waals surface area contributed by atoms with E-state index in [4.69, 9.17) is 0 Å². The van der Waals surface area contributed by atoms with E-state index in [1.54, 1.807) is 0 Å². The molecule has 0 spiro atoms. The van der Waals surface area contributed by atoms with E-state index in [9.17, 15) is 0 Å². The standard InChI is InChI=1S/C5H5.5CH2.3ClH.Hf/c1-2-4-5-3-1;;;;;;;;;/h1-3H,4H2;5*1H2;3*1H;.